The summed E-state index contributed by atoms with van der Waals surface area (Å²) in [6.07, 6.45) is 1.69. The molecule has 3 aromatic carbocycles. The second-order valence-electron chi connectivity index (χ2n) is 9.61. The first-order valence-corrected chi connectivity index (χ1v) is 12.7. The third-order valence-corrected chi connectivity index (χ3v) is 8.33. The fraction of sp³-hybridized carbons (Fsp3) is 0.250. The largest absolute Gasteiger partial charge is 0.367 e. The van der Waals surface area contributed by atoms with Crippen molar-refractivity contribution in [1.82, 2.24) is 5.32 Å². The van der Waals surface area contributed by atoms with Crippen LogP contribution in [0.1, 0.15) is 29.9 Å². The molecule has 0 saturated carbocycles. The monoisotopic (exact) mass is 519 g/mol. The lowest BCUT2D eigenvalue weighted by molar-refractivity contribution is -0.145. The molecule has 3 atom stereocenters. The van der Waals surface area contributed by atoms with Gasteiger partial charge in [-0.05, 0) is 60.6 Å². The second kappa shape index (κ2) is 8.64. The lowest BCUT2D eigenvalue weighted by Gasteiger charge is -2.55. The summed E-state index contributed by atoms with van der Waals surface area (Å²) in [6, 6.07) is 21.4. The van der Waals surface area contributed by atoms with Gasteiger partial charge in [0.05, 0.1) is 16.8 Å². The van der Waals surface area contributed by atoms with Crippen molar-refractivity contribution >= 4 is 52.4 Å². The van der Waals surface area contributed by atoms with E-state index in [1.54, 1.807) is 6.07 Å². The molecule has 6 nitrogen and oxygen atoms in total. The first-order chi connectivity index (χ1) is 17.4. The molecule has 3 aromatic rings. The summed E-state index contributed by atoms with van der Waals surface area (Å²) in [7, 11) is 0. The highest BCUT2D eigenvalue weighted by Gasteiger charge is 2.63. The zero-order valence-corrected chi connectivity index (χ0v) is 20.8. The maximum atomic E-state index is 14.4. The van der Waals surface area contributed by atoms with Crippen LogP contribution in [0.5, 0.6) is 0 Å². The number of urea groups is 1. The van der Waals surface area contributed by atoms with Gasteiger partial charge in [0, 0.05) is 17.3 Å². The van der Waals surface area contributed by atoms with Crippen molar-refractivity contribution in [3.8, 4) is 0 Å². The lowest BCUT2D eigenvalue weighted by Crippen LogP contribution is -2.73. The number of hydrogen-bond acceptors (Lipinski definition) is 4. The average Bonchev–Trinajstić information content (AvgIpc) is 2.89. The Labute approximate surface area is 218 Å². The molecule has 2 fully saturated rings. The maximum Gasteiger partial charge on any atom is 0.335 e. The van der Waals surface area contributed by atoms with E-state index in [0.29, 0.717) is 18.0 Å². The molecule has 3 heterocycles. The molecule has 0 bridgehead atoms. The molecule has 0 aliphatic carbocycles. The summed E-state index contributed by atoms with van der Waals surface area (Å²) < 4.78 is 0. The van der Waals surface area contributed by atoms with Crippen LogP contribution in [0.3, 0.4) is 0 Å². The zero-order valence-electron chi connectivity index (χ0n) is 19.3. The third kappa shape index (κ3) is 3.43. The van der Waals surface area contributed by atoms with Crippen LogP contribution in [0, 0.1) is 5.41 Å². The molecule has 182 valence electrons. The number of rotatable bonds is 2. The highest BCUT2D eigenvalue weighted by molar-refractivity contribution is 6.39. The molecule has 4 amide bonds. The van der Waals surface area contributed by atoms with Gasteiger partial charge in [0.15, 0.2) is 5.41 Å². The molecular formula is C28H23Cl2N3O3. The Morgan fingerprint density at radius 3 is 2.44 bits per heavy atom. The number of benzene rings is 3. The smallest absolute Gasteiger partial charge is 0.335 e. The molecular weight excluding hydrogens is 497 g/mol. The van der Waals surface area contributed by atoms with Gasteiger partial charge in [-0.25, -0.2) is 9.69 Å². The molecule has 1 N–H and O–H groups in total. The van der Waals surface area contributed by atoms with E-state index in [9.17, 15) is 14.4 Å². The highest BCUT2D eigenvalue weighted by Crippen LogP contribution is 2.50. The van der Waals surface area contributed by atoms with Crippen LogP contribution in [0.2, 0.25) is 10.0 Å². The van der Waals surface area contributed by atoms with Gasteiger partial charge in [-0.1, -0.05) is 71.7 Å². The normalized spacial score (nSPS) is 25.4. The van der Waals surface area contributed by atoms with E-state index in [0.717, 1.165) is 22.6 Å². The van der Waals surface area contributed by atoms with Crippen LogP contribution < -0.4 is 15.1 Å². The summed E-state index contributed by atoms with van der Waals surface area (Å²) in [5.74, 6) is -0.959. The Hall–Kier alpha value is -3.35. The van der Waals surface area contributed by atoms with Crippen LogP contribution in [-0.2, 0) is 16.0 Å². The van der Waals surface area contributed by atoms with Gasteiger partial charge < -0.3 is 4.90 Å². The van der Waals surface area contributed by atoms with Crippen LogP contribution in [0.15, 0.2) is 72.8 Å². The van der Waals surface area contributed by atoms with E-state index in [2.05, 4.69) is 22.3 Å². The number of amides is 4. The van der Waals surface area contributed by atoms with Gasteiger partial charge >= 0.3 is 6.03 Å². The van der Waals surface area contributed by atoms with Crippen molar-refractivity contribution in [1.29, 1.82) is 0 Å². The van der Waals surface area contributed by atoms with Crippen molar-refractivity contribution in [3.63, 3.8) is 0 Å². The summed E-state index contributed by atoms with van der Waals surface area (Å²) in [5, 5.41) is 3.01. The molecule has 2 saturated heterocycles. The van der Waals surface area contributed by atoms with Crippen LogP contribution in [-0.4, -0.2) is 30.4 Å². The Morgan fingerprint density at radius 1 is 0.889 bits per heavy atom. The van der Waals surface area contributed by atoms with Gasteiger partial charge in [0.25, 0.3) is 5.91 Å². The quantitative estimate of drug-likeness (QED) is 0.449. The maximum absolute atomic E-state index is 14.4. The summed E-state index contributed by atoms with van der Waals surface area (Å²) in [4.78, 5) is 44.4. The minimum Gasteiger partial charge on any atom is -0.367 e. The fourth-order valence-electron chi connectivity index (χ4n) is 6.09. The number of nitrogens with one attached hydrogen (secondary N) is 1. The second-order valence-corrected chi connectivity index (χ2v) is 10.5. The molecule has 3 aliphatic rings. The van der Waals surface area contributed by atoms with Gasteiger partial charge in [-0.15, -0.1) is 0 Å². The van der Waals surface area contributed by atoms with Crippen molar-refractivity contribution in [2.75, 3.05) is 16.3 Å². The van der Waals surface area contributed by atoms with Crippen LogP contribution >= 0.6 is 23.2 Å². The van der Waals surface area contributed by atoms with Gasteiger partial charge in [0.2, 0.25) is 5.91 Å². The molecule has 36 heavy (non-hydrogen) atoms. The average molecular weight is 520 g/mol. The minimum atomic E-state index is -1.50. The number of hydrogen-bond donors (Lipinski definition) is 1. The van der Waals surface area contributed by atoms with Crippen molar-refractivity contribution < 1.29 is 14.4 Å². The summed E-state index contributed by atoms with van der Waals surface area (Å²) in [6.45, 7) is 0.690. The molecule has 0 radical (unpaired) electrons. The van der Waals surface area contributed by atoms with E-state index in [1.807, 2.05) is 42.5 Å². The number of fused-ring (bicyclic) bond motifs is 4. The molecule has 3 unspecified atom stereocenters. The Balaban J connectivity index is 1.50. The number of halogens is 2. The number of anilines is 2. The van der Waals surface area contributed by atoms with Crippen molar-refractivity contribution in [2.45, 2.75) is 31.2 Å². The third-order valence-electron chi connectivity index (χ3n) is 7.78. The van der Waals surface area contributed by atoms with Crippen molar-refractivity contribution in [3.05, 3.63) is 94.0 Å². The standard InChI is InChI=1S/C28H23Cl2N3O3/c29-20-10-11-21(30)23(15-20)33-26(35)28(25(34)31-27(33)36)16-19-8-4-5-9-22(19)32-13-12-18(14-24(28)32)17-6-2-1-3-7-17/h1-11,15,18,24H,12-14,16H2,(H,31,34,36). The highest BCUT2D eigenvalue weighted by atomic mass is 35.5. The number of para-hydroxylation sites is 1. The predicted octanol–water partition coefficient (Wildman–Crippen LogP) is 5.57. The van der Waals surface area contributed by atoms with Gasteiger partial charge in [-0.3, -0.25) is 14.9 Å². The zero-order chi connectivity index (χ0) is 25.0. The van der Waals surface area contributed by atoms with E-state index >= 15 is 0 Å². The number of piperidine rings is 1. The van der Waals surface area contributed by atoms with E-state index in [4.69, 9.17) is 23.2 Å². The molecule has 6 rings (SSSR count). The van der Waals surface area contributed by atoms with Crippen molar-refractivity contribution in [2.24, 2.45) is 5.41 Å². The summed E-state index contributed by atoms with van der Waals surface area (Å²) >= 11 is 12.6. The number of carbonyl (C=O) groups excluding carboxylic acids is 3. The molecule has 1 spiro atoms. The van der Waals surface area contributed by atoms with Crippen LogP contribution in [0.25, 0.3) is 0 Å². The van der Waals surface area contributed by atoms with Crippen LogP contribution in [0.4, 0.5) is 16.2 Å². The molecule has 0 aromatic heterocycles. The van der Waals surface area contributed by atoms with Gasteiger partial charge in [0.1, 0.15) is 0 Å². The predicted molar refractivity (Wildman–Crippen MR) is 140 cm³/mol. The topological polar surface area (TPSA) is 69.7 Å². The van der Waals surface area contributed by atoms with Gasteiger partial charge in [-0.2, -0.15) is 0 Å². The Kier molecular flexibility index (Phi) is 5.54. The van der Waals surface area contributed by atoms with E-state index in [1.165, 1.54) is 17.7 Å². The number of nitrogens with zero attached hydrogens (tertiary/aromatic N) is 2. The first kappa shape index (κ1) is 23.1. The Bertz CT molecular complexity index is 1400. The molecule has 3 aliphatic heterocycles. The number of barbiturate groups is 1. The molecule has 8 heteroatoms. The van der Waals surface area contributed by atoms with E-state index < -0.39 is 29.3 Å². The number of carbonyl (C=O) groups is 3. The summed E-state index contributed by atoms with van der Waals surface area (Å²) in [5.41, 5.74) is 1.79. The fourth-order valence-corrected chi connectivity index (χ4v) is 6.46. The first-order valence-electron chi connectivity index (χ1n) is 11.9. The van der Waals surface area contributed by atoms with E-state index in [-0.39, 0.29) is 23.0 Å². The SMILES string of the molecule is O=C1NC(=O)C2(Cc3ccccc3N3CCC(c4ccccc4)CC32)C(=O)N1c1cc(Cl)ccc1Cl. The number of imide groups is 2. The minimum absolute atomic E-state index is 0.166. The lowest BCUT2D eigenvalue weighted by atomic mass is 9.64. The Morgan fingerprint density at radius 2 is 1.64 bits per heavy atom.